The molecule has 0 aliphatic carbocycles. The van der Waals surface area contributed by atoms with Crippen LogP contribution in [0.5, 0.6) is 5.75 Å². The van der Waals surface area contributed by atoms with Crippen molar-refractivity contribution in [3.8, 4) is 5.75 Å². The number of aromatic hydroxyl groups is 1. The van der Waals surface area contributed by atoms with Gasteiger partial charge < -0.3 is 15.2 Å². The van der Waals surface area contributed by atoms with E-state index in [1.54, 1.807) is 6.07 Å². The van der Waals surface area contributed by atoms with Crippen LogP contribution in [-0.2, 0) is 4.74 Å². The summed E-state index contributed by atoms with van der Waals surface area (Å²) in [4.78, 5) is 12.0. The van der Waals surface area contributed by atoms with Crippen molar-refractivity contribution < 1.29 is 14.6 Å². The van der Waals surface area contributed by atoms with E-state index in [9.17, 15) is 9.90 Å². The number of carbonyl (C=O) groups is 1. The molecule has 1 aliphatic rings. The molecule has 0 saturated carbocycles. The van der Waals surface area contributed by atoms with Crippen LogP contribution in [0.15, 0.2) is 12.1 Å². The monoisotopic (exact) mass is 263 g/mol. The second-order valence-corrected chi connectivity index (χ2v) is 5.08. The molecule has 4 nitrogen and oxygen atoms in total. The zero-order valence-electron chi connectivity index (χ0n) is 11.5. The predicted molar refractivity (Wildman–Crippen MR) is 73.5 cm³/mol. The Labute approximate surface area is 113 Å². The van der Waals surface area contributed by atoms with Crippen LogP contribution in [-0.4, -0.2) is 30.3 Å². The number of amides is 1. The van der Waals surface area contributed by atoms with Gasteiger partial charge in [0.2, 0.25) is 0 Å². The van der Waals surface area contributed by atoms with Crippen molar-refractivity contribution in [3.05, 3.63) is 28.8 Å². The Morgan fingerprint density at radius 1 is 1.47 bits per heavy atom. The summed E-state index contributed by atoms with van der Waals surface area (Å²) in [5, 5.41) is 12.8. The van der Waals surface area contributed by atoms with Crippen LogP contribution >= 0.6 is 0 Å². The lowest BCUT2D eigenvalue weighted by atomic mass is 10.0. The molecule has 0 radical (unpaired) electrons. The van der Waals surface area contributed by atoms with Gasteiger partial charge in [0.05, 0.1) is 11.7 Å². The zero-order valence-corrected chi connectivity index (χ0v) is 11.5. The molecule has 0 bridgehead atoms. The minimum absolute atomic E-state index is 0.0783. The van der Waals surface area contributed by atoms with Crippen molar-refractivity contribution in [2.24, 2.45) is 0 Å². The quantitative estimate of drug-likeness (QED) is 0.876. The lowest BCUT2D eigenvalue weighted by Gasteiger charge is -2.12. The Morgan fingerprint density at radius 2 is 2.26 bits per heavy atom. The van der Waals surface area contributed by atoms with Crippen molar-refractivity contribution in [2.45, 2.75) is 39.2 Å². The maximum absolute atomic E-state index is 12.0. The normalized spacial score (nSPS) is 18.5. The van der Waals surface area contributed by atoms with Crippen molar-refractivity contribution in [1.82, 2.24) is 5.32 Å². The van der Waals surface area contributed by atoms with E-state index >= 15 is 0 Å². The fraction of sp³-hybridized carbons (Fsp3) is 0.533. The van der Waals surface area contributed by atoms with Gasteiger partial charge in [-0.15, -0.1) is 0 Å². The van der Waals surface area contributed by atoms with Gasteiger partial charge in [0.25, 0.3) is 5.91 Å². The Hall–Kier alpha value is -1.55. The van der Waals surface area contributed by atoms with Crippen LogP contribution in [0.2, 0.25) is 0 Å². The molecule has 1 amide bonds. The molecule has 19 heavy (non-hydrogen) atoms. The first-order valence-electron chi connectivity index (χ1n) is 6.78. The summed E-state index contributed by atoms with van der Waals surface area (Å²) in [6, 6.07) is 3.52. The average molecular weight is 263 g/mol. The molecule has 1 heterocycles. The van der Waals surface area contributed by atoms with Gasteiger partial charge in [0, 0.05) is 13.2 Å². The zero-order chi connectivity index (χ0) is 13.8. The topological polar surface area (TPSA) is 58.6 Å². The summed E-state index contributed by atoms with van der Waals surface area (Å²) in [5.41, 5.74) is 2.08. The highest BCUT2D eigenvalue weighted by Crippen LogP contribution is 2.24. The van der Waals surface area contributed by atoms with Gasteiger partial charge >= 0.3 is 0 Å². The molecule has 1 atom stereocenters. The van der Waals surface area contributed by atoms with Gasteiger partial charge in [-0.25, -0.2) is 0 Å². The van der Waals surface area contributed by atoms with Gasteiger partial charge in [0.1, 0.15) is 5.75 Å². The first kappa shape index (κ1) is 13.9. The third-order valence-electron chi connectivity index (χ3n) is 3.72. The highest BCUT2D eigenvalue weighted by atomic mass is 16.5. The third kappa shape index (κ3) is 3.26. The van der Waals surface area contributed by atoms with Crippen LogP contribution in [0.25, 0.3) is 0 Å². The number of phenols is 1. The first-order chi connectivity index (χ1) is 9.09. The van der Waals surface area contributed by atoms with E-state index in [0.717, 1.165) is 37.0 Å². The summed E-state index contributed by atoms with van der Waals surface area (Å²) < 4.78 is 5.50. The number of carbonyl (C=O) groups excluding carboxylic acids is 1. The predicted octanol–water partition coefficient (Wildman–Crippen LogP) is 2.31. The fourth-order valence-corrected chi connectivity index (χ4v) is 2.30. The van der Waals surface area contributed by atoms with E-state index in [2.05, 4.69) is 5.32 Å². The standard InChI is InChI=1S/C15H21NO3/c1-10-5-6-13(14(17)11(10)2)15(18)16-8-7-12-4-3-9-19-12/h5-6,12,17H,3-4,7-9H2,1-2H3,(H,16,18). The Morgan fingerprint density at radius 3 is 2.95 bits per heavy atom. The minimum Gasteiger partial charge on any atom is -0.507 e. The summed E-state index contributed by atoms with van der Waals surface area (Å²) in [5.74, 6) is -0.145. The molecule has 0 spiro atoms. The van der Waals surface area contributed by atoms with Crippen LogP contribution < -0.4 is 5.32 Å². The van der Waals surface area contributed by atoms with E-state index in [1.807, 2.05) is 19.9 Å². The van der Waals surface area contributed by atoms with E-state index < -0.39 is 0 Å². The van der Waals surface area contributed by atoms with Crippen LogP contribution in [0, 0.1) is 13.8 Å². The number of ether oxygens (including phenoxy) is 1. The molecular weight excluding hydrogens is 242 g/mol. The van der Waals surface area contributed by atoms with Crippen molar-refractivity contribution in [2.75, 3.05) is 13.2 Å². The van der Waals surface area contributed by atoms with Crippen molar-refractivity contribution >= 4 is 5.91 Å². The van der Waals surface area contributed by atoms with Gasteiger partial charge in [0.15, 0.2) is 0 Å². The highest BCUT2D eigenvalue weighted by Gasteiger charge is 2.17. The minimum atomic E-state index is -0.224. The average Bonchev–Trinajstić information content (AvgIpc) is 2.89. The molecule has 1 aromatic rings. The molecule has 2 rings (SSSR count). The van der Waals surface area contributed by atoms with Gasteiger partial charge in [-0.3, -0.25) is 4.79 Å². The van der Waals surface area contributed by atoms with Crippen LogP contribution in [0.3, 0.4) is 0 Å². The molecule has 1 aromatic carbocycles. The van der Waals surface area contributed by atoms with E-state index in [1.165, 1.54) is 0 Å². The maximum Gasteiger partial charge on any atom is 0.255 e. The largest absolute Gasteiger partial charge is 0.507 e. The number of nitrogens with one attached hydrogen (secondary N) is 1. The van der Waals surface area contributed by atoms with E-state index in [0.29, 0.717) is 12.1 Å². The second-order valence-electron chi connectivity index (χ2n) is 5.08. The molecule has 1 aliphatic heterocycles. The second kappa shape index (κ2) is 6.06. The van der Waals surface area contributed by atoms with Gasteiger partial charge in [-0.2, -0.15) is 0 Å². The van der Waals surface area contributed by atoms with E-state index in [4.69, 9.17) is 4.74 Å². The Kier molecular flexibility index (Phi) is 4.43. The number of aryl methyl sites for hydroxylation is 1. The van der Waals surface area contributed by atoms with Crippen LogP contribution in [0.4, 0.5) is 0 Å². The fourth-order valence-electron chi connectivity index (χ4n) is 2.30. The van der Waals surface area contributed by atoms with Crippen LogP contribution in [0.1, 0.15) is 40.7 Å². The lowest BCUT2D eigenvalue weighted by molar-refractivity contribution is 0.0905. The SMILES string of the molecule is Cc1ccc(C(=O)NCCC2CCCO2)c(O)c1C. The van der Waals surface area contributed by atoms with Gasteiger partial charge in [-0.1, -0.05) is 6.07 Å². The molecular formula is C15H21NO3. The molecule has 2 N–H and O–H groups in total. The Balaban J connectivity index is 1.90. The molecule has 1 fully saturated rings. The number of rotatable bonds is 4. The molecule has 104 valence electrons. The smallest absolute Gasteiger partial charge is 0.255 e. The molecule has 1 unspecified atom stereocenters. The van der Waals surface area contributed by atoms with Crippen molar-refractivity contribution in [3.63, 3.8) is 0 Å². The first-order valence-corrected chi connectivity index (χ1v) is 6.78. The third-order valence-corrected chi connectivity index (χ3v) is 3.72. The lowest BCUT2D eigenvalue weighted by Crippen LogP contribution is -2.27. The molecule has 4 heteroatoms. The summed E-state index contributed by atoms with van der Waals surface area (Å²) in [7, 11) is 0. The van der Waals surface area contributed by atoms with Crippen molar-refractivity contribution in [1.29, 1.82) is 0 Å². The number of benzene rings is 1. The summed E-state index contributed by atoms with van der Waals surface area (Å²) >= 11 is 0. The number of phenolic OH excluding ortho intramolecular Hbond substituents is 1. The number of hydrogen-bond acceptors (Lipinski definition) is 3. The molecule has 0 aromatic heterocycles. The maximum atomic E-state index is 12.0. The molecule has 1 saturated heterocycles. The van der Waals surface area contributed by atoms with Gasteiger partial charge in [-0.05, 0) is 50.3 Å². The summed E-state index contributed by atoms with van der Waals surface area (Å²) in [6.45, 7) is 5.13. The summed E-state index contributed by atoms with van der Waals surface area (Å²) in [6.07, 6.45) is 3.28. The Bertz CT molecular complexity index is 465. The van der Waals surface area contributed by atoms with E-state index in [-0.39, 0.29) is 17.8 Å². The number of hydrogen-bond donors (Lipinski definition) is 2. The highest BCUT2D eigenvalue weighted by molar-refractivity contribution is 5.97.